The van der Waals surface area contributed by atoms with Crippen molar-refractivity contribution in [2.75, 3.05) is 32.7 Å². The predicted octanol–water partition coefficient (Wildman–Crippen LogP) is 4.13. The summed E-state index contributed by atoms with van der Waals surface area (Å²) in [5.41, 5.74) is 0. The van der Waals surface area contributed by atoms with E-state index in [1.165, 1.54) is 71.1 Å². The molecule has 0 spiro atoms. The van der Waals surface area contributed by atoms with Crippen LogP contribution in [0.5, 0.6) is 0 Å². The van der Waals surface area contributed by atoms with E-state index >= 15 is 0 Å². The van der Waals surface area contributed by atoms with Crippen LogP contribution in [0.4, 0.5) is 0 Å². The first-order chi connectivity index (χ1) is 12.1. The molecule has 0 aromatic rings. The molecule has 0 aromatic heterocycles. The summed E-state index contributed by atoms with van der Waals surface area (Å²) in [7, 11) is 0. The van der Waals surface area contributed by atoms with E-state index in [2.05, 4.69) is 35.9 Å². The van der Waals surface area contributed by atoms with Gasteiger partial charge in [-0.3, -0.25) is 0 Å². The van der Waals surface area contributed by atoms with Crippen molar-refractivity contribution in [3.8, 4) is 0 Å². The molecule has 1 N–H and O–H groups in total. The van der Waals surface area contributed by atoms with Gasteiger partial charge in [0.25, 0.3) is 0 Å². The highest BCUT2D eigenvalue weighted by atomic mass is 32.1. The highest BCUT2D eigenvalue weighted by molar-refractivity contribution is 7.80. The smallest absolute Gasteiger partial charge is 0.169 e. The van der Waals surface area contributed by atoms with E-state index in [1.807, 2.05) is 0 Å². The lowest BCUT2D eigenvalue weighted by Crippen LogP contribution is -2.45. The Morgan fingerprint density at radius 1 is 1.04 bits per heavy atom. The minimum atomic E-state index is 0.611. The molecule has 3 nitrogen and oxygen atoms in total. The van der Waals surface area contributed by atoms with Crippen LogP contribution in [0.2, 0.25) is 0 Å². The highest BCUT2D eigenvalue weighted by Crippen LogP contribution is 2.30. The van der Waals surface area contributed by atoms with Gasteiger partial charge in [0.2, 0.25) is 0 Å². The van der Waals surface area contributed by atoms with Crippen LogP contribution in [-0.4, -0.2) is 53.7 Å². The van der Waals surface area contributed by atoms with Crippen molar-refractivity contribution in [3.63, 3.8) is 0 Å². The van der Waals surface area contributed by atoms with E-state index in [0.29, 0.717) is 6.04 Å². The maximum Gasteiger partial charge on any atom is 0.169 e. The van der Waals surface area contributed by atoms with Crippen molar-refractivity contribution in [2.45, 2.75) is 71.8 Å². The molecule has 2 saturated heterocycles. The van der Waals surface area contributed by atoms with Gasteiger partial charge in [0.15, 0.2) is 5.11 Å². The number of likely N-dealkylation sites (tertiary alicyclic amines) is 1. The first kappa shape index (κ1) is 19.4. The van der Waals surface area contributed by atoms with Gasteiger partial charge in [0.05, 0.1) is 6.04 Å². The van der Waals surface area contributed by atoms with E-state index in [4.69, 9.17) is 12.2 Å². The normalized spacial score (nSPS) is 33.5. The summed E-state index contributed by atoms with van der Waals surface area (Å²) in [5, 5.41) is 4.44. The van der Waals surface area contributed by atoms with Gasteiger partial charge in [-0.25, -0.2) is 0 Å². The zero-order chi connectivity index (χ0) is 17.8. The lowest BCUT2D eigenvalue weighted by atomic mass is 9.82. The summed E-state index contributed by atoms with van der Waals surface area (Å²) in [5.74, 6) is 3.49. The van der Waals surface area contributed by atoms with Crippen LogP contribution in [-0.2, 0) is 0 Å². The Labute approximate surface area is 160 Å². The topological polar surface area (TPSA) is 18.5 Å². The van der Waals surface area contributed by atoms with Crippen molar-refractivity contribution >= 4 is 17.3 Å². The Kier molecular flexibility index (Phi) is 7.01. The average molecular weight is 366 g/mol. The molecule has 0 radical (unpaired) electrons. The van der Waals surface area contributed by atoms with Crippen molar-refractivity contribution < 1.29 is 0 Å². The van der Waals surface area contributed by atoms with Gasteiger partial charge in [0.1, 0.15) is 0 Å². The van der Waals surface area contributed by atoms with Gasteiger partial charge in [-0.2, -0.15) is 0 Å². The molecule has 3 rings (SSSR count). The van der Waals surface area contributed by atoms with Crippen LogP contribution in [0.1, 0.15) is 65.7 Å². The summed E-state index contributed by atoms with van der Waals surface area (Å²) in [6.45, 7) is 13.3. The van der Waals surface area contributed by atoms with Crippen molar-refractivity contribution in [1.29, 1.82) is 0 Å². The van der Waals surface area contributed by atoms with Gasteiger partial charge >= 0.3 is 0 Å². The second kappa shape index (κ2) is 9.03. The van der Waals surface area contributed by atoms with Gasteiger partial charge < -0.3 is 15.1 Å². The first-order valence-electron chi connectivity index (χ1n) is 10.8. The highest BCUT2D eigenvalue weighted by Gasteiger charge is 2.33. The van der Waals surface area contributed by atoms with Crippen LogP contribution in [0.25, 0.3) is 0 Å². The molecule has 25 heavy (non-hydrogen) atoms. The molecule has 2 aliphatic heterocycles. The molecular formula is C21H39N3S. The summed E-state index contributed by atoms with van der Waals surface area (Å²) in [6, 6.07) is 0.611. The number of piperidine rings is 1. The van der Waals surface area contributed by atoms with Gasteiger partial charge in [-0.1, -0.05) is 40.0 Å². The molecule has 3 fully saturated rings. The lowest BCUT2D eigenvalue weighted by Gasteiger charge is -2.38. The summed E-state index contributed by atoms with van der Waals surface area (Å²) in [6.07, 6.45) is 9.79. The predicted molar refractivity (Wildman–Crippen MR) is 111 cm³/mol. The first-order valence-corrected chi connectivity index (χ1v) is 11.2. The molecular weight excluding hydrogens is 326 g/mol. The van der Waals surface area contributed by atoms with Gasteiger partial charge in [0, 0.05) is 19.6 Å². The van der Waals surface area contributed by atoms with Crippen LogP contribution >= 0.6 is 12.2 Å². The number of hydrogen-bond acceptors (Lipinski definition) is 2. The van der Waals surface area contributed by atoms with Gasteiger partial charge in [-0.05, 0) is 74.7 Å². The van der Waals surface area contributed by atoms with E-state index in [9.17, 15) is 0 Å². The van der Waals surface area contributed by atoms with E-state index < -0.39 is 0 Å². The molecule has 0 unspecified atom stereocenters. The third kappa shape index (κ3) is 5.09. The second-order valence-corrected chi connectivity index (χ2v) is 9.55. The Balaban J connectivity index is 1.42. The molecule has 2 heterocycles. The number of nitrogens with one attached hydrogen (secondary N) is 1. The molecule has 1 aliphatic carbocycles. The fourth-order valence-corrected chi connectivity index (χ4v) is 5.35. The lowest BCUT2D eigenvalue weighted by molar-refractivity contribution is 0.122. The van der Waals surface area contributed by atoms with Gasteiger partial charge in [-0.15, -0.1) is 0 Å². The Bertz CT molecular complexity index is 425. The monoisotopic (exact) mass is 365 g/mol. The second-order valence-electron chi connectivity index (χ2n) is 9.16. The fourth-order valence-electron chi connectivity index (χ4n) is 5.06. The summed E-state index contributed by atoms with van der Waals surface area (Å²) >= 11 is 5.60. The molecule has 2 atom stereocenters. The standard InChI is InChI=1S/C21H39N3S/c1-4-17(3)20-13-22-21(25)24(20)15-19-9-11-23(12-10-19)14-18-7-5-16(2)6-8-18/h16-20H,4-15H2,1-3H3,(H,22,25)/t16?,17-,18?,20+/m0/s1. The molecule has 144 valence electrons. The quantitative estimate of drug-likeness (QED) is 0.713. The van der Waals surface area contributed by atoms with Crippen LogP contribution in [0.3, 0.4) is 0 Å². The summed E-state index contributed by atoms with van der Waals surface area (Å²) in [4.78, 5) is 5.27. The SMILES string of the molecule is CC[C@H](C)[C@H]1CNC(=S)N1CC1CCN(CC2CCC(C)CC2)CC1. The third-order valence-corrected chi connectivity index (χ3v) is 7.62. The molecule has 3 aliphatic rings. The zero-order valence-corrected chi connectivity index (χ0v) is 17.5. The average Bonchev–Trinajstić information content (AvgIpc) is 2.98. The van der Waals surface area contributed by atoms with E-state index in [1.54, 1.807) is 0 Å². The maximum absolute atomic E-state index is 5.60. The Morgan fingerprint density at radius 3 is 2.32 bits per heavy atom. The van der Waals surface area contributed by atoms with Crippen LogP contribution in [0.15, 0.2) is 0 Å². The number of nitrogens with zero attached hydrogens (tertiary/aromatic N) is 2. The fraction of sp³-hybridized carbons (Fsp3) is 0.952. The van der Waals surface area contributed by atoms with E-state index in [0.717, 1.165) is 35.3 Å². The zero-order valence-electron chi connectivity index (χ0n) is 16.7. The minimum absolute atomic E-state index is 0.611. The number of thiocarbonyl (C=S) groups is 1. The number of hydrogen-bond donors (Lipinski definition) is 1. The Morgan fingerprint density at radius 2 is 1.68 bits per heavy atom. The van der Waals surface area contributed by atoms with Crippen LogP contribution < -0.4 is 5.32 Å². The van der Waals surface area contributed by atoms with Crippen molar-refractivity contribution in [2.24, 2.45) is 23.7 Å². The largest absolute Gasteiger partial charge is 0.360 e. The molecule has 0 bridgehead atoms. The van der Waals surface area contributed by atoms with E-state index in [-0.39, 0.29) is 0 Å². The minimum Gasteiger partial charge on any atom is -0.360 e. The molecule has 1 saturated carbocycles. The molecule has 4 heteroatoms. The maximum atomic E-state index is 5.60. The molecule has 0 aromatic carbocycles. The third-order valence-electron chi connectivity index (χ3n) is 7.24. The summed E-state index contributed by atoms with van der Waals surface area (Å²) < 4.78 is 0. The Hall–Kier alpha value is -0.350. The molecule has 0 amide bonds. The number of rotatable bonds is 6. The van der Waals surface area contributed by atoms with Crippen molar-refractivity contribution in [3.05, 3.63) is 0 Å². The van der Waals surface area contributed by atoms with Crippen molar-refractivity contribution in [1.82, 2.24) is 15.1 Å². The van der Waals surface area contributed by atoms with Crippen LogP contribution in [0, 0.1) is 23.7 Å².